The number of carbonyl (C=O) groups is 1. The minimum absolute atomic E-state index is 0.0722. The van der Waals surface area contributed by atoms with Crippen LogP contribution in [0.15, 0.2) is 35.9 Å². The molecule has 1 aromatic carbocycles. The molecule has 4 nitrogen and oxygen atoms in total. The fourth-order valence-corrected chi connectivity index (χ4v) is 2.99. The smallest absolute Gasteiger partial charge is 0.224 e. The van der Waals surface area contributed by atoms with Crippen molar-refractivity contribution in [1.29, 1.82) is 0 Å². The maximum absolute atomic E-state index is 12.4. The number of methoxy groups -OCH3 is 1. The van der Waals surface area contributed by atoms with E-state index in [4.69, 9.17) is 4.74 Å². The van der Waals surface area contributed by atoms with E-state index in [1.807, 2.05) is 24.3 Å². The summed E-state index contributed by atoms with van der Waals surface area (Å²) in [7, 11) is 3.77. The summed E-state index contributed by atoms with van der Waals surface area (Å²) in [6.07, 6.45) is 3.75. The molecule has 0 saturated carbocycles. The molecule has 0 spiro atoms. The molecule has 0 aromatic heterocycles. The average Bonchev–Trinajstić information content (AvgIpc) is 2.53. The molecule has 0 saturated heterocycles. The average molecular weight is 316 g/mol. The number of hydrogen-bond donors (Lipinski definition) is 1. The van der Waals surface area contributed by atoms with Crippen molar-refractivity contribution in [2.45, 2.75) is 32.7 Å². The van der Waals surface area contributed by atoms with Gasteiger partial charge in [0, 0.05) is 13.1 Å². The third kappa shape index (κ3) is 5.10. The lowest BCUT2D eigenvalue weighted by atomic mass is 9.92. The maximum atomic E-state index is 12.4. The van der Waals surface area contributed by atoms with Gasteiger partial charge in [0.25, 0.3) is 0 Å². The number of hydrogen-bond acceptors (Lipinski definition) is 3. The SMILES string of the molecule is COc1ccc(CC(=O)N[C@@H](C2=CCCN(C)C2)C(C)C)cc1. The fourth-order valence-electron chi connectivity index (χ4n) is 2.99. The minimum Gasteiger partial charge on any atom is -0.497 e. The van der Waals surface area contributed by atoms with Gasteiger partial charge in [-0.25, -0.2) is 0 Å². The van der Waals surface area contributed by atoms with Gasteiger partial charge in [-0.15, -0.1) is 0 Å². The second-order valence-electron chi connectivity index (χ2n) is 6.62. The normalized spacial score (nSPS) is 16.8. The van der Waals surface area contributed by atoms with Crippen LogP contribution in [-0.4, -0.2) is 44.1 Å². The Morgan fingerprint density at radius 2 is 2.00 bits per heavy atom. The topological polar surface area (TPSA) is 41.6 Å². The first-order valence-electron chi connectivity index (χ1n) is 8.29. The number of ether oxygens (including phenoxy) is 1. The van der Waals surface area contributed by atoms with Crippen molar-refractivity contribution >= 4 is 5.91 Å². The van der Waals surface area contributed by atoms with E-state index in [1.165, 1.54) is 5.57 Å². The summed E-state index contributed by atoms with van der Waals surface area (Å²) in [5.74, 6) is 1.26. The first-order valence-corrected chi connectivity index (χ1v) is 8.29. The Labute approximate surface area is 139 Å². The van der Waals surface area contributed by atoms with Gasteiger partial charge in [0.15, 0.2) is 0 Å². The predicted octanol–water partition coefficient (Wildman–Crippen LogP) is 2.64. The number of benzene rings is 1. The summed E-state index contributed by atoms with van der Waals surface area (Å²) >= 11 is 0. The van der Waals surface area contributed by atoms with Crippen LogP contribution in [-0.2, 0) is 11.2 Å². The molecule has 0 unspecified atom stereocenters. The van der Waals surface area contributed by atoms with Gasteiger partial charge in [-0.05, 0) is 42.7 Å². The molecule has 23 heavy (non-hydrogen) atoms. The van der Waals surface area contributed by atoms with E-state index in [1.54, 1.807) is 7.11 Å². The Hall–Kier alpha value is -1.81. The van der Waals surface area contributed by atoms with E-state index in [2.05, 4.69) is 37.2 Å². The molecule has 1 aromatic rings. The number of nitrogens with one attached hydrogen (secondary N) is 1. The van der Waals surface area contributed by atoms with E-state index < -0.39 is 0 Å². The van der Waals surface area contributed by atoms with Gasteiger partial charge in [-0.1, -0.05) is 32.1 Å². The van der Waals surface area contributed by atoms with Crippen LogP contribution in [0.1, 0.15) is 25.8 Å². The van der Waals surface area contributed by atoms with Crippen LogP contribution in [0.4, 0.5) is 0 Å². The van der Waals surface area contributed by atoms with Gasteiger partial charge in [0.2, 0.25) is 5.91 Å². The van der Waals surface area contributed by atoms with Crippen molar-refractivity contribution in [2.24, 2.45) is 5.92 Å². The fraction of sp³-hybridized carbons (Fsp3) is 0.526. The molecule has 1 aliphatic heterocycles. The van der Waals surface area contributed by atoms with Crippen molar-refractivity contribution < 1.29 is 9.53 Å². The van der Waals surface area contributed by atoms with Crippen LogP contribution in [0, 0.1) is 5.92 Å². The van der Waals surface area contributed by atoms with Crippen molar-refractivity contribution in [3.05, 3.63) is 41.5 Å². The Morgan fingerprint density at radius 3 is 2.57 bits per heavy atom. The van der Waals surface area contributed by atoms with Gasteiger partial charge < -0.3 is 15.0 Å². The molecule has 1 atom stereocenters. The molecule has 2 rings (SSSR count). The van der Waals surface area contributed by atoms with Crippen LogP contribution >= 0.6 is 0 Å². The molecule has 1 heterocycles. The maximum Gasteiger partial charge on any atom is 0.224 e. The standard InChI is InChI=1S/C19H28N2O2/c1-14(2)19(16-6-5-11-21(3)13-16)20-18(22)12-15-7-9-17(23-4)10-8-15/h6-10,14,19H,5,11-13H2,1-4H3,(H,20,22)/t19-/m1/s1. The lowest BCUT2D eigenvalue weighted by Crippen LogP contribution is -2.44. The molecular weight excluding hydrogens is 288 g/mol. The van der Waals surface area contributed by atoms with Gasteiger partial charge in [0.1, 0.15) is 5.75 Å². The molecular formula is C19H28N2O2. The number of nitrogens with zero attached hydrogens (tertiary/aromatic N) is 1. The van der Waals surface area contributed by atoms with Crippen LogP contribution in [0.3, 0.4) is 0 Å². The molecule has 1 N–H and O–H groups in total. The van der Waals surface area contributed by atoms with Crippen LogP contribution in [0.25, 0.3) is 0 Å². The summed E-state index contributed by atoms with van der Waals surface area (Å²) in [6, 6.07) is 7.78. The van der Waals surface area contributed by atoms with Gasteiger partial charge >= 0.3 is 0 Å². The van der Waals surface area contributed by atoms with Crippen LogP contribution in [0.2, 0.25) is 0 Å². The molecule has 0 aliphatic carbocycles. The summed E-state index contributed by atoms with van der Waals surface area (Å²) in [4.78, 5) is 14.7. The second-order valence-corrected chi connectivity index (χ2v) is 6.62. The molecule has 1 amide bonds. The highest BCUT2D eigenvalue weighted by molar-refractivity contribution is 5.79. The summed E-state index contributed by atoms with van der Waals surface area (Å²) in [5.41, 5.74) is 2.33. The number of rotatable bonds is 6. The Kier molecular flexibility index (Phi) is 6.22. The van der Waals surface area contributed by atoms with Gasteiger partial charge in [0.05, 0.1) is 19.6 Å². The summed E-state index contributed by atoms with van der Waals surface area (Å²) < 4.78 is 5.15. The zero-order valence-electron chi connectivity index (χ0n) is 14.6. The first-order chi connectivity index (χ1) is 11.0. The number of carbonyl (C=O) groups excluding carboxylic acids is 1. The molecule has 0 fully saturated rings. The van der Waals surface area contributed by atoms with E-state index >= 15 is 0 Å². The summed E-state index contributed by atoms with van der Waals surface area (Å²) in [5, 5.41) is 3.22. The zero-order valence-corrected chi connectivity index (χ0v) is 14.6. The molecule has 126 valence electrons. The number of likely N-dealkylation sites (N-methyl/N-ethyl adjacent to an activating group) is 1. The molecule has 1 aliphatic rings. The number of amides is 1. The largest absolute Gasteiger partial charge is 0.497 e. The highest BCUT2D eigenvalue weighted by atomic mass is 16.5. The van der Waals surface area contributed by atoms with Gasteiger partial charge in [-0.3, -0.25) is 4.79 Å². The highest BCUT2D eigenvalue weighted by Crippen LogP contribution is 2.18. The van der Waals surface area contributed by atoms with Crippen molar-refractivity contribution in [3.63, 3.8) is 0 Å². The Morgan fingerprint density at radius 1 is 1.30 bits per heavy atom. The zero-order chi connectivity index (χ0) is 16.8. The van der Waals surface area contributed by atoms with Crippen molar-refractivity contribution in [1.82, 2.24) is 10.2 Å². The van der Waals surface area contributed by atoms with E-state index in [0.29, 0.717) is 12.3 Å². The quantitative estimate of drug-likeness (QED) is 0.820. The monoisotopic (exact) mass is 316 g/mol. The van der Waals surface area contributed by atoms with Crippen molar-refractivity contribution in [3.8, 4) is 5.75 Å². The minimum atomic E-state index is 0.0722. The molecule has 4 heteroatoms. The van der Waals surface area contributed by atoms with Gasteiger partial charge in [-0.2, -0.15) is 0 Å². The molecule has 0 radical (unpaired) electrons. The lowest BCUT2D eigenvalue weighted by Gasteiger charge is -2.31. The van der Waals surface area contributed by atoms with E-state index in [-0.39, 0.29) is 11.9 Å². The Bertz CT molecular complexity index is 549. The third-order valence-corrected chi connectivity index (χ3v) is 4.28. The summed E-state index contributed by atoms with van der Waals surface area (Å²) in [6.45, 7) is 6.35. The lowest BCUT2D eigenvalue weighted by molar-refractivity contribution is -0.121. The van der Waals surface area contributed by atoms with Crippen LogP contribution < -0.4 is 10.1 Å². The third-order valence-electron chi connectivity index (χ3n) is 4.28. The van der Waals surface area contributed by atoms with Crippen LogP contribution in [0.5, 0.6) is 5.75 Å². The second kappa shape index (κ2) is 8.16. The van der Waals surface area contributed by atoms with E-state index in [9.17, 15) is 4.79 Å². The first kappa shape index (κ1) is 17.5. The van der Waals surface area contributed by atoms with E-state index in [0.717, 1.165) is 30.8 Å². The van der Waals surface area contributed by atoms with Crippen molar-refractivity contribution in [2.75, 3.05) is 27.2 Å². The highest BCUT2D eigenvalue weighted by Gasteiger charge is 2.23. The molecule has 0 bridgehead atoms. The predicted molar refractivity (Wildman–Crippen MR) is 93.7 cm³/mol. The Balaban J connectivity index is 1.98.